The van der Waals surface area contributed by atoms with Crippen LogP contribution in [0.15, 0.2) is 36.0 Å². The first-order chi connectivity index (χ1) is 14.9. The van der Waals surface area contributed by atoms with Crippen molar-refractivity contribution in [3.05, 3.63) is 57.5 Å². The summed E-state index contributed by atoms with van der Waals surface area (Å²) < 4.78 is 5.29. The highest BCUT2D eigenvalue weighted by Crippen LogP contribution is 2.40. The highest BCUT2D eigenvalue weighted by atomic mass is 32.1. The van der Waals surface area contributed by atoms with Gasteiger partial charge in [0, 0.05) is 15.8 Å². The molecule has 160 valence electrons. The number of anilines is 2. The third-order valence-corrected chi connectivity index (χ3v) is 7.36. The molecule has 0 aliphatic rings. The molecule has 4 rings (SSSR count). The number of hydrogen-bond acceptors (Lipinski definition) is 7. The number of nitrogens with one attached hydrogen (secondary N) is 1. The first-order valence-electron chi connectivity index (χ1n) is 10.3. The molecule has 1 aromatic carbocycles. The molecule has 0 bridgehead atoms. The Morgan fingerprint density at radius 1 is 1.16 bits per heavy atom. The number of esters is 1. The molecule has 0 amide bonds. The van der Waals surface area contributed by atoms with E-state index in [9.17, 15) is 4.79 Å². The second kappa shape index (κ2) is 8.77. The number of rotatable bonds is 6. The van der Waals surface area contributed by atoms with Crippen LogP contribution in [0.2, 0.25) is 0 Å². The number of aryl methyl sites for hydroxylation is 1. The summed E-state index contributed by atoms with van der Waals surface area (Å²) in [7, 11) is 0. The number of carbonyl (C=O) groups is 1. The number of ether oxygens (including phenoxy) is 1. The van der Waals surface area contributed by atoms with Crippen molar-refractivity contribution in [1.29, 1.82) is 0 Å². The second-order valence-electron chi connectivity index (χ2n) is 7.66. The van der Waals surface area contributed by atoms with E-state index in [-0.39, 0.29) is 5.97 Å². The molecule has 0 saturated heterocycles. The van der Waals surface area contributed by atoms with Crippen LogP contribution in [0.1, 0.15) is 53.1 Å². The minimum Gasteiger partial charge on any atom is -0.462 e. The summed E-state index contributed by atoms with van der Waals surface area (Å²) in [5, 5.41) is 7.24. The average Bonchev–Trinajstić information content (AvgIpc) is 3.30. The predicted molar refractivity (Wildman–Crippen MR) is 130 cm³/mol. The summed E-state index contributed by atoms with van der Waals surface area (Å²) in [5.41, 5.74) is 5.03. The lowest BCUT2D eigenvalue weighted by molar-refractivity contribution is 0.0527. The molecule has 0 fully saturated rings. The SMILES string of the molecule is CCOC(=O)c1c(Nc2ncnc3scc(-c4ccc(C(C)C)cc4)c23)sc(C)c1C. The molecule has 0 atom stereocenters. The second-order valence-corrected chi connectivity index (χ2v) is 9.74. The molecular formula is C24H25N3O2S2. The Labute approximate surface area is 190 Å². The van der Waals surface area contributed by atoms with Crippen molar-refractivity contribution in [2.45, 2.75) is 40.5 Å². The van der Waals surface area contributed by atoms with E-state index in [1.807, 2.05) is 20.8 Å². The van der Waals surface area contributed by atoms with E-state index >= 15 is 0 Å². The van der Waals surface area contributed by atoms with Crippen molar-refractivity contribution in [2.24, 2.45) is 0 Å². The van der Waals surface area contributed by atoms with Gasteiger partial charge >= 0.3 is 5.97 Å². The molecule has 3 heterocycles. The van der Waals surface area contributed by atoms with Crippen LogP contribution < -0.4 is 5.32 Å². The average molecular weight is 452 g/mol. The van der Waals surface area contributed by atoms with Gasteiger partial charge in [-0.1, -0.05) is 38.1 Å². The molecule has 7 heteroatoms. The van der Waals surface area contributed by atoms with Crippen LogP contribution in [-0.4, -0.2) is 22.5 Å². The molecule has 0 saturated carbocycles. The molecule has 0 unspecified atom stereocenters. The number of benzene rings is 1. The maximum absolute atomic E-state index is 12.6. The van der Waals surface area contributed by atoms with Gasteiger partial charge in [-0.05, 0) is 43.4 Å². The molecule has 3 aromatic heterocycles. The van der Waals surface area contributed by atoms with Crippen LogP contribution in [0.4, 0.5) is 10.8 Å². The van der Waals surface area contributed by atoms with Crippen LogP contribution in [0.5, 0.6) is 0 Å². The smallest absolute Gasteiger partial charge is 0.341 e. The number of carbonyl (C=O) groups excluding carboxylic acids is 1. The predicted octanol–water partition coefficient (Wildman–Crippen LogP) is 7.08. The van der Waals surface area contributed by atoms with Gasteiger partial charge in [-0.3, -0.25) is 0 Å². The van der Waals surface area contributed by atoms with E-state index in [1.165, 1.54) is 16.9 Å². The zero-order valence-corrected chi connectivity index (χ0v) is 19.9. The lowest BCUT2D eigenvalue weighted by Crippen LogP contribution is -2.08. The monoisotopic (exact) mass is 451 g/mol. The van der Waals surface area contributed by atoms with Gasteiger partial charge in [-0.25, -0.2) is 14.8 Å². The van der Waals surface area contributed by atoms with E-state index in [1.54, 1.807) is 17.7 Å². The summed E-state index contributed by atoms with van der Waals surface area (Å²) in [4.78, 5) is 23.6. The maximum Gasteiger partial charge on any atom is 0.341 e. The summed E-state index contributed by atoms with van der Waals surface area (Å²) in [6.45, 7) is 10.5. The first kappa shape index (κ1) is 21.5. The Kier molecular flexibility index (Phi) is 6.07. The quantitative estimate of drug-likeness (QED) is 0.317. The van der Waals surface area contributed by atoms with Gasteiger partial charge in [0.15, 0.2) is 0 Å². The Morgan fingerprint density at radius 3 is 2.58 bits per heavy atom. The Balaban J connectivity index is 1.79. The molecule has 4 aromatic rings. The van der Waals surface area contributed by atoms with Gasteiger partial charge in [-0.2, -0.15) is 0 Å². The molecule has 1 N–H and O–H groups in total. The number of fused-ring (bicyclic) bond motifs is 1. The molecule has 0 radical (unpaired) electrons. The fourth-order valence-electron chi connectivity index (χ4n) is 3.50. The van der Waals surface area contributed by atoms with E-state index in [0.717, 1.165) is 36.8 Å². The summed E-state index contributed by atoms with van der Waals surface area (Å²) in [5.74, 6) is 0.869. The molecule has 0 aliphatic heterocycles. The lowest BCUT2D eigenvalue weighted by atomic mass is 9.99. The van der Waals surface area contributed by atoms with E-state index in [0.29, 0.717) is 23.9 Å². The Bertz CT molecular complexity index is 1240. The van der Waals surface area contributed by atoms with Crippen LogP contribution in [0, 0.1) is 13.8 Å². The van der Waals surface area contributed by atoms with Crippen molar-refractivity contribution >= 4 is 49.7 Å². The minimum absolute atomic E-state index is 0.313. The molecule has 0 aliphatic carbocycles. The van der Waals surface area contributed by atoms with Gasteiger partial charge < -0.3 is 10.1 Å². The summed E-state index contributed by atoms with van der Waals surface area (Å²) >= 11 is 3.13. The van der Waals surface area contributed by atoms with E-state index < -0.39 is 0 Å². The van der Waals surface area contributed by atoms with Gasteiger partial charge in [0.25, 0.3) is 0 Å². The highest BCUT2D eigenvalue weighted by Gasteiger charge is 2.22. The topological polar surface area (TPSA) is 64.1 Å². The number of thiophene rings is 2. The van der Waals surface area contributed by atoms with E-state index in [2.05, 4.69) is 58.8 Å². The first-order valence-corrected chi connectivity index (χ1v) is 12.0. The van der Waals surface area contributed by atoms with Gasteiger partial charge in [-0.15, -0.1) is 22.7 Å². The molecular weight excluding hydrogens is 426 g/mol. The van der Waals surface area contributed by atoms with Crippen molar-refractivity contribution in [1.82, 2.24) is 9.97 Å². The van der Waals surface area contributed by atoms with Crippen molar-refractivity contribution < 1.29 is 9.53 Å². The molecule has 0 spiro atoms. The van der Waals surface area contributed by atoms with Crippen LogP contribution >= 0.6 is 22.7 Å². The fourth-order valence-corrected chi connectivity index (χ4v) is 5.46. The summed E-state index contributed by atoms with van der Waals surface area (Å²) in [6, 6.07) is 8.64. The van der Waals surface area contributed by atoms with Crippen LogP contribution in [-0.2, 0) is 4.74 Å². The van der Waals surface area contributed by atoms with Crippen LogP contribution in [0.25, 0.3) is 21.3 Å². The maximum atomic E-state index is 12.6. The standard InChI is InChI=1S/C24H25N3O2S2/c1-6-29-24(28)19-14(4)15(5)31-23(19)27-21-20-18(11-30-22(20)26-12-25-21)17-9-7-16(8-10-17)13(2)3/h7-13H,6H2,1-5H3,(H,25,26,27). The summed E-state index contributed by atoms with van der Waals surface area (Å²) in [6.07, 6.45) is 1.56. The molecule has 5 nitrogen and oxygen atoms in total. The van der Waals surface area contributed by atoms with Gasteiger partial charge in [0.2, 0.25) is 0 Å². The Morgan fingerprint density at radius 2 is 1.90 bits per heavy atom. The number of aromatic nitrogens is 2. The number of nitrogens with zero attached hydrogens (tertiary/aromatic N) is 2. The minimum atomic E-state index is -0.313. The van der Waals surface area contributed by atoms with Gasteiger partial charge in [0.05, 0.1) is 17.6 Å². The highest BCUT2D eigenvalue weighted by molar-refractivity contribution is 7.17. The molecule has 31 heavy (non-hydrogen) atoms. The lowest BCUT2D eigenvalue weighted by Gasteiger charge is -2.10. The Hall–Kier alpha value is -2.77. The van der Waals surface area contributed by atoms with Crippen molar-refractivity contribution in [3.63, 3.8) is 0 Å². The third kappa shape index (κ3) is 4.07. The largest absolute Gasteiger partial charge is 0.462 e. The van der Waals surface area contributed by atoms with Crippen LogP contribution in [0.3, 0.4) is 0 Å². The third-order valence-electron chi connectivity index (χ3n) is 5.36. The van der Waals surface area contributed by atoms with E-state index in [4.69, 9.17) is 4.74 Å². The zero-order chi connectivity index (χ0) is 22.1. The number of hydrogen-bond donors (Lipinski definition) is 1. The van der Waals surface area contributed by atoms with Gasteiger partial charge in [0.1, 0.15) is 22.0 Å². The van der Waals surface area contributed by atoms with Crippen molar-refractivity contribution in [3.8, 4) is 11.1 Å². The van der Waals surface area contributed by atoms with Crippen molar-refractivity contribution in [2.75, 3.05) is 11.9 Å². The fraction of sp³-hybridized carbons (Fsp3) is 0.292. The normalized spacial score (nSPS) is 11.3. The zero-order valence-electron chi connectivity index (χ0n) is 18.3.